The monoisotopic (exact) mass is 373 g/mol. The average molecular weight is 373 g/mol. The molecule has 6 heteroatoms. The summed E-state index contributed by atoms with van der Waals surface area (Å²) in [5.74, 6) is 0.848. The molecule has 6 nitrogen and oxygen atoms in total. The molecule has 0 aliphatic rings. The molecule has 2 aromatic carbocycles. The van der Waals surface area contributed by atoms with Crippen LogP contribution in [0.25, 0.3) is 10.9 Å². The number of fused-ring (bicyclic) bond motifs is 1. The number of nitro groups is 1. The lowest BCUT2D eigenvalue weighted by molar-refractivity contribution is -0.385. The molecule has 2 heterocycles. The standard InChI is InChI=1S/C22H20N4O2/c1-14-7-5-12-20(23-14)25-22(16-8-6-9-17(13-16)26(27)28)21-15(2)24-19-11-4-3-10-18(19)21/h3-13,22,24H,1-2H3,(H,23,25)/p+1/t22-/m0/s1. The van der Waals surface area contributed by atoms with Crippen molar-refractivity contribution in [1.29, 1.82) is 0 Å². The number of non-ortho nitro benzene ring substituents is 1. The lowest BCUT2D eigenvalue weighted by Crippen LogP contribution is -2.21. The van der Waals surface area contributed by atoms with Gasteiger partial charge in [0, 0.05) is 45.9 Å². The number of H-pyrrole nitrogens is 2. The fraction of sp³-hybridized carbons (Fsp3) is 0.136. The van der Waals surface area contributed by atoms with Crippen LogP contribution >= 0.6 is 0 Å². The second-order valence-corrected chi connectivity index (χ2v) is 6.89. The number of aryl methyl sites for hydroxylation is 2. The predicted octanol–water partition coefficient (Wildman–Crippen LogP) is 4.71. The highest BCUT2D eigenvalue weighted by Crippen LogP contribution is 2.35. The van der Waals surface area contributed by atoms with Crippen molar-refractivity contribution in [3.05, 3.63) is 99.4 Å². The Labute approximate surface area is 162 Å². The first kappa shape index (κ1) is 17.7. The molecular weight excluding hydrogens is 352 g/mol. The van der Waals surface area contributed by atoms with Crippen LogP contribution in [-0.2, 0) is 0 Å². The van der Waals surface area contributed by atoms with E-state index in [9.17, 15) is 10.1 Å². The van der Waals surface area contributed by atoms with E-state index in [-0.39, 0.29) is 16.7 Å². The summed E-state index contributed by atoms with van der Waals surface area (Å²) in [7, 11) is 0. The van der Waals surface area contributed by atoms with Crippen molar-refractivity contribution in [2.75, 3.05) is 5.32 Å². The van der Waals surface area contributed by atoms with Crippen molar-refractivity contribution in [3.8, 4) is 0 Å². The number of para-hydroxylation sites is 1. The molecule has 0 saturated carbocycles. The van der Waals surface area contributed by atoms with Crippen molar-refractivity contribution < 1.29 is 9.91 Å². The molecule has 28 heavy (non-hydrogen) atoms. The molecule has 2 aromatic heterocycles. The van der Waals surface area contributed by atoms with Gasteiger partial charge in [0.05, 0.1) is 10.6 Å². The van der Waals surface area contributed by atoms with Crippen LogP contribution in [0.4, 0.5) is 11.5 Å². The lowest BCUT2D eigenvalue weighted by atomic mass is 9.95. The number of anilines is 1. The SMILES string of the molecule is Cc1cccc(N[C@@H](c2cccc([N+](=O)[O-])c2)c2c(C)[nH]c3ccccc23)[nH+]1. The fourth-order valence-electron chi connectivity index (χ4n) is 3.63. The first-order valence-corrected chi connectivity index (χ1v) is 9.10. The van der Waals surface area contributed by atoms with Gasteiger partial charge in [-0.3, -0.25) is 15.4 Å². The maximum Gasteiger partial charge on any atom is 0.273 e. The molecular formula is C22H21N4O2+. The van der Waals surface area contributed by atoms with Gasteiger partial charge in [-0.25, -0.2) is 4.98 Å². The minimum absolute atomic E-state index is 0.0787. The minimum Gasteiger partial charge on any atom is -0.358 e. The molecule has 0 bridgehead atoms. The van der Waals surface area contributed by atoms with Crippen LogP contribution < -0.4 is 10.3 Å². The number of rotatable bonds is 5. The van der Waals surface area contributed by atoms with Crippen LogP contribution in [0.5, 0.6) is 0 Å². The third-order valence-corrected chi connectivity index (χ3v) is 4.89. The average Bonchev–Trinajstić information content (AvgIpc) is 3.02. The van der Waals surface area contributed by atoms with Crippen LogP contribution in [0.1, 0.15) is 28.6 Å². The number of benzene rings is 2. The van der Waals surface area contributed by atoms with Gasteiger partial charge in [0.15, 0.2) is 0 Å². The summed E-state index contributed by atoms with van der Waals surface area (Å²) >= 11 is 0. The van der Waals surface area contributed by atoms with Crippen molar-refractivity contribution >= 4 is 22.4 Å². The molecule has 4 rings (SSSR count). The van der Waals surface area contributed by atoms with E-state index in [1.165, 1.54) is 6.07 Å². The van der Waals surface area contributed by atoms with Gasteiger partial charge in [-0.1, -0.05) is 36.4 Å². The number of hydrogen-bond acceptors (Lipinski definition) is 3. The van der Waals surface area contributed by atoms with E-state index in [1.807, 2.05) is 56.3 Å². The van der Waals surface area contributed by atoms with Gasteiger partial charge < -0.3 is 4.98 Å². The third kappa shape index (κ3) is 3.32. The third-order valence-electron chi connectivity index (χ3n) is 4.89. The number of nitrogens with zero attached hydrogens (tertiary/aromatic N) is 1. The first-order chi connectivity index (χ1) is 13.5. The maximum atomic E-state index is 11.3. The zero-order chi connectivity index (χ0) is 19.7. The summed E-state index contributed by atoms with van der Waals surface area (Å²) in [5.41, 5.74) is 5.08. The highest BCUT2D eigenvalue weighted by molar-refractivity contribution is 5.86. The molecule has 140 valence electrons. The van der Waals surface area contributed by atoms with Gasteiger partial charge in [-0.15, -0.1) is 0 Å². The lowest BCUT2D eigenvalue weighted by Gasteiger charge is -2.16. The highest BCUT2D eigenvalue weighted by Gasteiger charge is 2.26. The number of aromatic amines is 2. The Bertz CT molecular complexity index is 1170. The van der Waals surface area contributed by atoms with E-state index in [4.69, 9.17) is 0 Å². The van der Waals surface area contributed by atoms with Crippen LogP contribution in [0.2, 0.25) is 0 Å². The number of hydrogen-bond donors (Lipinski definition) is 2. The molecule has 0 aliphatic heterocycles. The summed E-state index contributed by atoms with van der Waals surface area (Å²) < 4.78 is 0. The van der Waals surface area contributed by atoms with E-state index in [0.717, 1.165) is 39.2 Å². The van der Waals surface area contributed by atoms with Crippen molar-refractivity contribution in [1.82, 2.24) is 4.98 Å². The molecule has 4 aromatic rings. The summed E-state index contributed by atoms with van der Waals surface area (Å²) in [6.07, 6.45) is 0. The van der Waals surface area contributed by atoms with Crippen LogP contribution in [0.15, 0.2) is 66.7 Å². The van der Waals surface area contributed by atoms with Gasteiger partial charge >= 0.3 is 0 Å². The number of pyridine rings is 1. The Morgan fingerprint density at radius 2 is 1.82 bits per heavy atom. The van der Waals surface area contributed by atoms with E-state index < -0.39 is 0 Å². The summed E-state index contributed by atoms with van der Waals surface area (Å²) in [6, 6.07) is 20.6. The van der Waals surface area contributed by atoms with Gasteiger partial charge in [-0.2, -0.15) is 0 Å². The van der Waals surface area contributed by atoms with Crippen LogP contribution in [0, 0.1) is 24.0 Å². The smallest absolute Gasteiger partial charge is 0.273 e. The number of nitro benzene ring substituents is 1. The summed E-state index contributed by atoms with van der Waals surface area (Å²) in [5, 5.41) is 16.0. The largest absolute Gasteiger partial charge is 0.358 e. The predicted molar refractivity (Wildman–Crippen MR) is 109 cm³/mol. The quantitative estimate of drug-likeness (QED) is 0.392. The zero-order valence-corrected chi connectivity index (χ0v) is 15.7. The normalized spacial score (nSPS) is 12.1. The van der Waals surface area contributed by atoms with Crippen molar-refractivity contribution in [2.24, 2.45) is 0 Å². The highest BCUT2D eigenvalue weighted by atomic mass is 16.6. The molecule has 0 fully saturated rings. The number of nitrogens with one attached hydrogen (secondary N) is 3. The molecule has 0 spiro atoms. The molecule has 0 saturated heterocycles. The van der Waals surface area contributed by atoms with E-state index in [1.54, 1.807) is 12.1 Å². The van der Waals surface area contributed by atoms with Gasteiger partial charge in [0.25, 0.3) is 11.5 Å². The topological polar surface area (TPSA) is 85.1 Å². The Kier molecular flexibility index (Phi) is 4.53. The Morgan fingerprint density at radius 3 is 2.61 bits per heavy atom. The molecule has 0 amide bonds. The maximum absolute atomic E-state index is 11.3. The minimum atomic E-state index is -0.360. The van der Waals surface area contributed by atoms with E-state index in [0.29, 0.717) is 0 Å². The molecule has 0 unspecified atom stereocenters. The van der Waals surface area contributed by atoms with Crippen molar-refractivity contribution in [3.63, 3.8) is 0 Å². The second kappa shape index (κ2) is 7.15. The number of aromatic nitrogens is 2. The van der Waals surface area contributed by atoms with E-state index in [2.05, 4.69) is 21.4 Å². The molecule has 0 radical (unpaired) electrons. The fourth-order valence-corrected chi connectivity index (χ4v) is 3.63. The molecule has 0 aliphatic carbocycles. The molecule has 3 N–H and O–H groups in total. The Hall–Kier alpha value is -3.67. The van der Waals surface area contributed by atoms with E-state index >= 15 is 0 Å². The summed E-state index contributed by atoms with van der Waals surface area (Å²) in [6.45, 7) is 4.02. The first-order valence-electron chi connectivity index (χ1n) is 9.10. The molecule has 1 atom stereocenters. The Balaban J connectivity index is 1.89. The van der Waals surface area contributed by atoms with Gasteiger partial charge in [0.2, 0.25) is 0 Å². The van der Waals surface area contributed by atoms with Crippen molar-refractivity contribution in [2.45, 2.75) is 19.9 Å². The summed E-state index contributed by atoms with van der Waals surface area (Å²) in [4.78, 5) is 17.7. The van der Waals surface area contributed by atoms with Crippen LogP contribution in [0.3, 0.4) is 0 Å². The Morgan fingerprint density at radius 1 is 1.04 bits per heavy atom. The van der Waals surface area contributed by atoms with Gasteiger partial charge in [0.1, 0.15) is 6.04 Å². The van der Waals surface area contributed by atoms with Crippen LogP contribution in [-0.4, -0.2) is 9.91 Å². The van der Waals surface area contributed by atoms with Gasteiger partial charge in [-0.05, 0) is 26.0 Å². The zero-order valence-electron chi connectivity index (χ0n) is 15.7. The second-order valence-electron chi connectivity index (χ2n) is 6.89.